The number of para-hydroxylation sites is 2. The number of hydrogen-bond donors (Lipinski definition) is 2. The minimum Gasteiger partial charge on any atom is -0.493 e. The summed E-state index contributed by atoms with van der Waals surface area (Å²) in [6.45, 7) is 4.52. The maximum absolute atomic E-state index is 13.8. The van der Waals surface area contributed by atoms with Crippen LogP contribution in [-0.2, 0) is 11.4 Å². The van der Waals surface area contributed by atoms with Gasteiger partial charge >= 0.3 is 0 Å². The van der Waals surface area contributed by atoms with E-state index in [4.69, 9.17) is 25.8 Å². The smallest absolute Gasteiger partial charge is 0.255 e. The van der Waals surface area contributed by atoms with E-state index >= 15 is 0 Å². The molecule has 0 saturated carbocycles. The van der Waals surface area contributed by atoms with Gasteiger partial charge in [-0.1, -0.05) is 35.9 Å². The van der Waals surface area contributed by atoms with E-state index in [0.29, 0.717) is 62.9 Å². The lowest BCUT2D eigenvalue weighted by Gasteiger charge is -2.29. The van der Waals surface area contributed by atoms with Gasteiger partial charge < -0.3 is 24.8 Å². The standard InChI is InChI=1S/C29H27BrClN5O4/c1-4-39-23-8-6-5-7-22(23)35-28(37)25-17(2)34-29-32-16-33-36(29)26(25)19-13-21(30)27(24(14-19)38-3)40-15-18-9-11-20(31)12-10-18/h5-14,16,26H,4,15H2,1-3H3,(H,35,37)(H,32,33,34). The SMILES string of the molecule is CCOc1ccccc1NC(=O)C1=C(C)Nc2ncnn2C1c1cc(Br)c(OCc2ccc(Cl)cc2)c(OC)c1. The number of halogens is 2. The molecule has 1 atom stereocenters. The molecule has 0 saturated heterocycles. The van der Waals surface area contributed by atoms with Crippen molar-refractivity contribution in [3.8, 4) is 17.2 Å². The molecule has 4 aromatic rings. The molecule has 3 aromatic carbocycles. The van der Waals surface area contributed by atoms with E-state index in [0.717, 1.165) is 11.1 Å². The summed E-state index contributed by atoms with van der Waals surface area (Å²) in [5.74, 6) is 1.84. The minimum absolute atomic E-state index is 0.304. The molecule has 2 N–H and O–H groups in total. The van der Waals surface area contributed by atoms with Crippen LogP contribution in [-0.4, -0.2) is 34.4 Å². The van der Waals surface area contributed by atoms with E-state index in [-0.39, 0.29) is 5.91 Å². The van der Waals surface area contributed by atoms with Crippen LogP contribution in [0.15, 0.2) is 82.7 Å². The first-order valence-electron chi connectivity index (χ1n) is 12.5. The van der Waals surface area contributed by atoms with Crippen molar-refractivity contribution in [1.82, 2.24) is 14.8 Å². The van der Waals surface area contributed by atoms with E-state index in [1.54, 1.807) is 17.9 Å². The maximum Gasteiger partial charge on any atom is 0.255 e. The Balaban J connectivity index is 1.51. The number of allylic oxidation sites excluding steroid dienone is 1. The van der Waals surface area contributed by atoms with E-state index in [9.17, 15) is 4.79 Å². The highest BCUT2D eigenvalue weighted by atomic mass is 79.9. The number of hydrogen-bond acceptors (Lipinski definition) is 7. The van der Waals surface area contributed by atoms with Crippen molar-refractivity contribution >= 4 is 45.1 Å². The minimum atomic E-state index is -0.603. The monoisotopic (exact) mass is 623 g/mol. The van der Waals surface area contributed by atoms with Crippen molar-refractivity contribution in [2.75, 3.05) is 24.4 Å². The summed E-state index contributed by atoms with van der Waals surface area (Å²) in [6.07, 6.45) is 1.45. The molecule has 2 heterocycles. The number of aromatic nitrogens is 3. The van der Waals surface area contributed by atoms with E-state index in [1.165, 1.54) is 6.33 Å². The Morgan fingerprint density at radius 1 is 1.12 bits per heavy atom. The predicted molar refractivity (Wildman–Crippen MR) is 157 cm³/mol. The number of fused-ring (bicyclic) bond motifs is 1. The van der Waals surface area contributed by atoms with Crippen LogP contribution in [0.3, 0.4) is 0 Å². The van der Waals surface area contributed by atoms with E-state index < -0.39 is 6.04 Å². The van der Waals surface area contributed by atoms with Gasteiger partial charge in [0.25, 0.3) is 5.91 Å². The first kappa shape index (κ1) is 27.5. The zero-order valence-electron chi connectivity index (χ0n) is 22.1. The second kappa shape index (κ2) is 12.0. The van der Waals surface area contributed by atoms with E-state index in [2.05, 4.69) is 36.6 Å². The topological polar surface area (TPSA) is 99.5 Å². The Bertz CT molecular complexity index is 1570. The number of carbonyl (C=O) groups excluding carboxylic acids is 1. The number of nitrogens with one attached hydrogen (secondary N) is 2. The fourth-order valence-corrected chi connectivity index (χ4v) is 5.21. The first-order chi connectivity index (χ1) is 19.4. The molecule has 9 nitrogen and oxygen atoms in total. The van der Waals surface area contributed by atoms with Crippen molar-refractivity contribution in [2.24, 2.45) is 0 Å². The summed E-state index contributed by atoms with van der Waals surface area (Å²) in [4.78, 5) is 18.2. The molecule has 0 bridgehead atoms. The molecule has 11 heteroatoms. The number of methoxy groups -OCH3 is 1. The first-order valence-corrected chi connectivity index (χ1v) is 13.7. The van der Waals surface area contributed by atoms with Gasteiger partial charge in [0.2, 0.25) is 5.95 Å². The average Bonchev–Trinajstić information content (AvgIpc) is 3.41. The van der Waals surface area contributed by atoms with Crippen LogP contribution in [0.5, 0.6) is 17.2 Å². The number of anilines is 2. The Labute approximate surface area is 245 Å². The van der Waals surface area contributed by atoms with Crippen LogP contribution >= 0.6 is 27.5 Å². The number of nitrogens with zero attached hydrogens (tertiary/aromatic N) is 3. The van der Waals surface area contributed by atoms with Gasteiger partial charge in [-0.2, -0.15) is 10.1 Å². The van der Waals surface area contributed by atoms with Crippen LogP contribution in [0.4, 0.5) is 11.6 Å². The van der Waals surface area contributed by atoms with Crippen molar-refractivity contribution in [3.63, 3.8) is 0 Å². The zero-order valence-corrected chi connectivity index (χ0v) is 24.4. The molecule has 1 unspecified atom stereocenters. The van der Waals surface area contributed by atoms with Crippen molar-refractivity contribution < 1.29 is 19.0 Å². The largest absolute Gasteiger partial charge is 0.493 e. The van der Waals surface area contributed by atoms with Gasteiger partial charge in [-0.05, 0) is 77.3 Å². The van der Waals surface area contributed by atoms with E-state index in [1.807, 2.05) is 68.4 Å². The Morgan fingerprint density at radius 3 is 2.65 bits per heavy atom. The second-order valence-electron chi connectivity index (χ2n) is 8.93. The number of carbonyl (C=O) groups is 1. The van der Waals surface area contributed by atoms with Gasteiger partial charge in [0.05, 0.1) is 29.4 Å². The Hall–Kier alpha value is -4.02. The summed E-state index contributed by atoms with van der Waals surface area (Å²) < 4.78 is 19.9. The van der Waals surface area contributed by atoms with Crippen molar-refractivity contribution in [1.29, 1.82) is 0 Å². The quantitative estimate of drug-likeness (QED) is 0.216. The molecule has 40 heavy (non-hydrogen) atoms. The van der Waals surface area contributed by atoms with Gasteiger partial charge in [-0.15, -0.1) is 0 Å². The van der Waals surface area contributed by atoms with Gasteiger partial charge in [0.1, 0.15) is 24.7 Å². The van der Waals surface area contributed by atoms with Gasteiger partial charge in [-0.25, -0.2) is 4.68 Å². The van der Waals surface area contributed by atoms with Gasteiger partial charge in [-0.3, -0.25) is 4.79 Å². The molecule has 1 aromatic heterocycles. The number of amides is 1. The molecule has 0 aliphatic carbocycles. The summed E-state index contributed by atoms with van der Waals surface area (Å²) in [5.41, 5.74) is 3.39. The van der Waals surface area contributed by atoms with Crippen molar-refractivity contribution in [2.45, 2.75) is 26.5 Å². The molecule has 1 aliphatic rings. The highest BCUT2D eigenvalue weighted by Gasteiger charge is 2.35. The zero-order chi connectivity index (χ0) is 28.2. The molecular weight excluding hydrogens is 598 g/mol. The van der Waals surface area contributed by atoms with Crippen LogP contribution in [0.1, 0.15) is 31.0 Å². The molecule has 1 amide bonds. The maximum atomic E-state index is 13.8. The molecule has 1 aliphatic heterocycles. The number of rotatable bonds is 9. The van der Waals surface area contributed by atoms with Crippen LogP contribution in [0, 0.1) is 0 Å². The Kier molecular flexibility index (Phi) is 8.27. The van der Waals surface area contributed by atoms with Crippen LogP contribution in [0.2, 0.25) is 5.02 Å². The normalized spacial score (nSPS) is 14.3. The van der Waals surface area contributed by atoms with Crippen LogP contribution < -0.4 is 24.8 Å². The molecule has 5 rings (SSSR count). The number of benzene rings is 3. The fraction of sp³-hybridized carbons (Fsp3) is 0.207. The summed E-state index contributed by atoms with van der Waals surface area (Å²) in [5, 5.41) is 11.3. The molecule has 0 spiro atoms. The molecule has 0 fully saturated rings. The fourth-order valence-electron chi connectivity index (χ4n) is 4.51. The van der Waals surface area contributed by atoms with Gasteiger partial charge in [0.15, 0.2) is 11.5 Å². The third kappa shape index (κ3) is 5.64. The predicted octanol–water partition coefficient (Wildman–Crippen LogP) is 6.61. The third-order valence-corrected chi connectivity index (χ3v) is 7.18. The molecular formula is C29H27BrClN5O4. The highest BCUT2D eigenvalue weighted by Crippen LogP contribution is 2.43. The number of ether oxygens (including phenoxy) is 3. The lowest BCUT2D eigenvalue weighted by molar-refractivity contribution is -0.113. The third-order valence-electron chi connectivity index (χ3n) is 6.34. The molecule has 206 valence electrons. The average molecular weight is 625 g/mol. The lowest BCUT2D eigenvalue weighted by atomic mass is 9.94. The van der Waals surface area contributed by atoms with Crippen molar-refractivity contribution in [3.05, 3.63) is 98.9 Å². The van der Waals surface area contributed by atoms with Crippen LogP contribution in [0.25, 0.3) is 0 Å². The molecule has 0 radical (unpaired) electrons. The highest BCUT2D eigenvalue weighted by molar-refractivity contribution is 9.10. The second-order valence-corrected chi connectivity index (χ2v) is 10.2. The lowest BCUT2D eigenvalue weighted by Crippen LogP contribution is -2.31. The Morgan fingerprint density at radius 2 is 1.90 bits per heavy atom. The summed E-state index contributed by atoms with van der Waals surface area (Å²) >= 11 is 9.66. The van der Waals surface area contributed by atoms with Gasteiger partial charge in [0, 0.05) is 10.7 Å². The summed E-state index contributed by atoms with van der Waals surface area (Å²) in [7, 11) is 1.57. The summed E-state index contributed by atoms with van der Waals surface area (Å²) in [6, 6.07) is 17.9.